The van der Waals surface area contributed by atoms with Crippen LogP contribution >= 0.6 is 11.3 Å². The summed E-state index contributed by atoms with van der Waals surface area (Å²) < 4.78 is 1.11. The van der Waals surface area contributed by atoms with E-state index >= 15 is 0 Å². The fourth-order valence-electron chi connectivity index (χ4n) is 3.36. The zero-order valence-corrected chi connectivity index (χ0v) is 14.4. The van der Waals surface area contributed by atoms with E-state index in [9.17, 15) is 4.79 Å². The van der Waals surface area contributed by atoms with Crippen molar-refractivity contribution in [1.82, 2.24) is 15.6 Å². The Kier molecular flexibility index (Phi) is 4.06. The summed E-state index contributed by atoms with van der Waals surface area (Å²) in [6.07, 6.45) is 6.73. The highest BCUT2D eigenvalue weighted by Gasteiger charge is 2.26. The van der Waals surface area contributed by atoms with Crippen LogP contribution in [0.4, 0.5) is 0 Å². The molecule has 1 saturated carbocycles. The van der Waals surface area contributed by atoms with E-state index in [0.717, 1.165) is 22.2 Å². The van der Waals surface area contributed by atoms with Crippen molar-refractivity contribution in [3.63, 3.8) is 0 Å². The molecule has 1 fully saturated rings. The molecule has 0 saturated heterocycles. The van der Waals surface area contributed by atoms with Crippen molar-refractivity contribution in [2.45, 2.75) is 38.6 Å². The fraction of sp³-hybridized carbons (Fsp3) is 0.389. The summed E-state index contributed by atoms with van der Waals surface area (Å²) in [7, 11) is 0. The van der Waals surface area contributed by atoms with E-state index in [-0.39, 0.29) is 5.91 Å². The van der Waals surface area contributed by atoms with Gasteiger partial charge in [-0.3, -0.25) is 10.1 Å². The molecule has 0 spiro atoms. The van der Waals surface area contributed by atoms with Crippen LogP contribution in [-0.4, -0.2) is 22.9 Å². The van der Waals surface area contributed by atoms with Crippen molar-refractivity contribution in [2.24, 2.45) is 10.9 Å². The first kappa shape index (κ1) is 15.3. The molecule has 2 aliphatic rings. The predicted octanol–water partition coefficient (Wildman–Crippen LogP) is 3.29. The Morgan fingerprint density at radius 2 is 2.21 bits per heavy atom. The number of nitrogens with one attached hydrogen (secondary N) is 2. The van der Waals surface area contributed by atoms with Gasteiger partial charge in [-0.25, -0.2) is 9.98 Å². The van der Waals surface area contributed by atoms with Crippen LogP contribution in [0.15, 0.2) is 34.4 Å². The van der Waals surface area contributed by atoms with E-state index < -0.39 is 0 Å². The number of fused-ring (bicyclic) bond motifs is 1. The highest BCUT2D eigenvalue weighted by Crippen LogP contribution is 2.24. The number of carbonyl (C=O) groups excluding carboxylic acids is 1. The monoisotopic (exact) mass is 340 g/mol. The number of aromatic nitrogens is 1. The highest BCUT2D eigenvalue weighted by atomic mass is 32.1. The first-order chi connectivity index (χ1) is 11.7. The first-order valence-corrected chi connectivity index (χ1v) is 9.28. The van der Waals surface area contributed by atoms with Crippen molar-refractivity contribution in [2.75, 3.05) is 0 Å². The van der Waals surface area contributed by atoms with Crippen LogP contribution in [0.3, 0.4) is 0 Å². The van der Waals surface area contributed by atoms with E-state index in [1.54, 1.807) is 11.3 Å². The number of carbonyl (C=O) groups is 1. The molecule has 1 aliphatic heterocycles. The first-order valence-electron chi connectivity index (χ1n) is 8.40. The predicted molar refractivity (Wildman–Crippen MR) is 97.7 cm³/mol. The van der Waals surface area contributed by atoms with Gasteiger partial charge in [0.05, 0.1) is 15.7 Å². The third-order valence-corrected chi connectivity index (χ3v) is 5.58. The third-order valence-electron chi connectivity index (χ3n) is 4.79. The molecule has 2 aromatic rings. The number of guanidine groups is 1. The number of hydrogen-bond donors (Lipinski definition) is 2. The van der Waals surface area contributed by atoms with Gasteiger partial charge in [-0.05, 0) is 42.5 Å². The van der Waals surface area contributed by atoms with E-state index in [4.69, 9.17) is 0 Å². The van der Waals surface area contributed by atoms with Crippen molar-refractivity contribution in [1.29, 1.82) is 0 Å². The third kappa shape index (κ3) is 3.06. The van der Waals surface area contributed by atoms with Gasteiger partial charge in [0.2, 0.25) is 5.96 Å². The lowest BCUT2D eigenvalue weighted by Gasteiger charge is -2.29. The maximum absolute atomic E-state index is 12.2. The minimum atomic E-state index is -0.148. The van der Waals surface area contributed by atoms with Gasteiger partial charge in [0.25, 0.3) is 5.91 Å². The molecule has 0 unspecified atom stereocenters. The molecule has 2 atom stereocenters. The Hall–Kier alpha value is -2.21. The van der Waals surface area contributed by atoms with Crippen LogP contribution in [0.1, 0.15) is 38.2 Å². The number of aliphatic imine (C=N–C) groups is 1. The molecule has 0 bridgehead atoms. The molecular formula is C18H20N4OS. The van der Waals surface area contributed by atoms with Gasteiger partial charge >= 0.3 is 0 Å². The van der Waals surface area contributed by atoms with Gasteiger partial charge < -0.3 is 5.32 Å². The van der Waals surface area contributed by atoms with Gasteiger partial charge in [0, 0.05) is 6.04 Å². The molecule has 1 aromatic heterocycles. The Morgan fingerprint density at radius 1 is 1.33 bits per heavy atom. The van der Waals surface area contributed by atoms with Gasteiger partial charge in [-0.1, -0.05) is 25.8 Å². The number of benzene rings is 1. The Labute approximate surface area is 144 Å². The fourth-order valence-corrected chi connectivity index (χ4v) is 4.09. The topological polar surface area (TPSA) is 66.4 Å². The summed E-state index contributed by atoms with van der Waals surface area (Å²) in [6, 6.07) is 6.37. The molecule has 24 heavy (non-hydrogen) atoms. The van der Waals surface area contributed by atoms with Crippen LogP contribution in [0.5, 0.6) is 0 Å². The molecule has 124 valence electrons. The van der Waals surface area contributed by atoms with Crippen LogP contribution < -0.4 is 10.6 Å². The summed E-state index contributed by atoms with van der Waals surface area (Å²) in [4.78, 5) is 20.9. The van der Waals surface area contributed by atoms with Gasteiger partial charge in [0.1, 0.15) is 5.70 Å². The largest absolute Gasteiger partial charge is 0.353 e. The van der Waals surface area contributed by atoms with Gasteiger partial charge in [-0.15, -0.1) is 11.3 Å². The minimum Gasteiger partial charge on any atom is -0.353 e. The smallest absolute Gasteiger partial charge is 0.276 e. The van der Waals surface area contributed by atoms with Crippen LogP contribution in [-0.2, 0) is 4.79 Å². The van der Waals surface area contributed by atoms with Crippen molar-refractivity contribution in [3.8, 4) is 0 Å². The van der Waals surface area contributed by atoms with Gasteiger partial charge in [-0.2, -0.15) is 0 Å². The maximum Gasteiger partial charge on any atom is 0.276 e. The zero-order chi connectivity index (χ0) is 16.5. The second-order valence-corrected chi connectivity index (χ2v) is 7.42. The van der Waals surface area contributed by atoms with E-state index in [0.29, 0.717) is 23.6 Å². The highest BCUT2D eigenvalue weighted by molar-refractivity contribution is 7.16. The van der Waals surface area contributed by atoms with E-state index in [1.165, 1.54) is 19.3 Å². The van der Waals surface area contributed by atoms with Crippen LogP contribution in [0, 0.1) is 5.92 Å². The van der Waals surface area contributed by atoms with E-state index in [2.05, 4.69) is 27.5 Å². The minimum absolute atomic E-state index is 0.148. The lowest BCUT2D eigenvalue weighted by Crippen LogP contribution is -2.46. The van der Waals surface area contributed by atoms with Crippen LogP contribution in [0.25, 0.3) is 16.3 Å². The standard InChI is InChI=1S/C18H20N4OS/c1-11-4-2-3-5-13(11)20-18-21-15(17(23)22-18)8-12-6-7-14-16(9-12)24-10-19-14/h6-11,13H,2-5H2,1H3,(H2,20,21,22,23)/b15-8-/t11-,13-/m1/s1. The molecule has 1 aromatic carbocycles. The number of rotatable bonds is 2. The summed E-state index contributed by atoms with van der Waals surface area (Å²) in [5, 5.41) is 6.25. The quantitative estimate of drug-likeness (QED) is 0.825. The molecule has 2 heterocycles. The van der Waals surface area contributed by atoms with Crippen molar-refractivity contribution < 1.29 is 4.79 Å². The number of amides is 1. The normalized spacial score (nSPS) is 25.8. The second-order valence-electron chi connectivity index (χ2n) is 6.54. The average molecular weight is 340 g/mol. The summed E-state index contributed by atoms with van der Waals surface area (Å²) in [5.74, 6) is 1.05. The molecule has 6 heteroatoms. The summed E-state index contributed by atoms with van der Waals surface area (Å²) in [6.45, 7) is 2.26. The molecule has 1 aliphatic carbocycles. The van der Waals surface area contributed by atoms with Crippen molar-refractivity contribution >= 4 is 39.5 Å². The molecule has 0 radical (unpaired) electrons. The molecule has 5 nitrogen and oxygen atoms in total. The molecular weight excluding hydrogens is 320 g/mol. The van der Waals surface area contributed by atoms with Crippen LogP contribution in [0.2, 0.25) is 0 Å². The lowest BCUT2D eigenvalue weighted by atomic mass is 9.86. The summed E-state index contributed by atoms with van der Waals surface area (Å²) >= 11 is 1.60. The number of hydrogen-bond acceptors (Lipinski definition) is 5. The zero-order valence-electron chi connectivity index (χ0n) is 13.6. The Balaban J connectivity index is 1.54. The number of thiazole rings is 1. The SMILES string of the molecule is C[C@@H]1CCCC[C@H]1NC1=N/C(=C\c2ccc3ncsc3c2)C(=O)N1. The maximum atomic E-state index is 12.2. The number of nitrogens with zero attached hydrogens (tertiary/aromatic N) is 2. The van der Waals surface area contributed by atoms with Gasteiger partial charge in [0.15, 0.2) is 0 Å². The lowest BCUT2D eigenvalue weighted by molar-refractivity contribution is -0.115. The molecule has 4 rings (SSSR count). The Bertz CT molecular complexity index is 838. The second kappa shape index (κ2) is 6.36. The van der Waals surface area contributed by atoms with E-state index in [1.807, 2.05) is 29.8 Å². The Morgan fingerprint density at radius 3 is 3.08 bits per heavy atom. The molecule has 1 amide bonds. The summed E-state index contributed by atoms with van der Waals surface area (Å²) in [5.41, 5.74) is 4.22. The van der Waals surface area contributed by atoms with Crippen molar-refractivity contribution in [3.05, 3.63) is 35.0 Å². The molecule has 2 N–H and O–H groups in total. The average Bonchev–Trinajstić information content (AvgIpc) is 3.16.